The Labute approximate surface area is 142 Å². The van der Waals surface area contributed by atoms with Gasteiger partial charge in [0.15, 0.2) is 5.69 Å². The Kier molecular flexibility index (Phi) is 6.07. The van der Waals surface area contributed by atoms with Crippen LogP contribution in [0.25, 0.3) is 11.3 Å². The molecule has 0 aromatic carbocycles. The van der Waals surface area contributed by atoms with Gasteiger partial charge >= 0.3 is 6.09 Å². The zero-order valence-electron chi connectivity index (χ0n) is 13.4. The predicted octanol–water partition coefficient (Wildman–Crippen LogP) is 2.75. The molecule has 0 aliphatic rings. The third kappa shape index (κ3) is 4.42. The maximum atomic E-state index is 12.2. The van der Waals surface area contributed by atoms with Crippen molar-refractivity contribution < 1.29 is 18.8 Å². The molecule has 2 aromatic rings. The molecular weight excluding hydrogens is 332 g/mol. The van der Waals surface area contributed by atoms with E-state index in [1.54, 1.807) is 13.0 Å². The van der Waals surface area contributed by atoms with Gasteiger partial charge in [-0.3, -0.25) is 10.2 Å². The van der Waals surface area contributed by atoms with E-state index in [1.807, 2.05) is 12.3 Å². The largest absolute Gasteiger partial charge is 0.448 e. The van der Waals surface area contributed by atoms with E-state index in [9.17, 15) is 9.59 Å². The van der Waals surface area contributed by atoms with E-state index >= 15 is 0 Å². The van der Waals surface area contributed by atoms with Crippen molar-refractivity contribution in [2.24, 2.45) is 0 Å². The normalized spacial score (nSPS) is 10.2. The molecule has 8 nitrogen and oxygen atoms in total. The lowest BCUT2D eigenvalue weighted by molar-refractivity contribution is 0.0900. The highest BCUT2D eigenvalue weighted by Crippen LogP contribution is 2.28. The molecule has 0 unspecified atom stereocenters. The molecule has 24 heavy (non-hydrogen) atoms. The standard InChI is InChI=1S/C15H18N4O4S/c1-4-5-6-7-22-15(21)18-17-14(20)13-12(9(2)23-19-13)11-8-24-10(3)16-11/h4,8H,1,5-7H2,2-3H3,(H,17,20)(H,18,21). The number of carbonyl (C=O) groups is 2. The zero-order chi connectivity index (χ0) is 17.5. The average molecular weight is 350 g/mol. The molecule has 9 heteroatoms. The van der Waals surface area contributed by atoms with Crippen LogP contribution < -0.4 is 10.9 Å². The number of carbonyl (C=O) groups excluding carboxylic acids is 2. The summed E-state index contributed by atoms with van der Waals surface area (Å²) >= 11 is 1.45. The monoisotopic (exact) mass is 350 g/mol. The smallest absolute Gasteiger partial charge is 0.426 e. The maximum absolute atomic E-state index is 12.2. The highest BCUT2D eigenvalue weighted by Gasteiger charge is 2.23. The third-order valence-corrected chi connectivity index (χ3v) is 3.79. The Hall–Kier alpha value is -2.68. The van der Waals surface area contributed by atoms with Crippen LogP contribution in [0.2, 0.25) is 0 Å². The second kappa shape index (κ2) is 8.25. The fourth-order valence-corrected chi connectivity index (χ4v) is 2.51. The molecule has 0 saturated carbocycles. The van der Waals surface area contributed by atoms with Crippen molar-refractivity contribution in [2.45, 2.75) is 26.7 Å². The molecule has 0 spiro atoms. The van der Waals surface area contributed by atoms with E-state index in [-0.39, 0.29) is 12.3 Å². The Morgan fingerprint density at radius 1 is 1.42 bits per heavy atom. The lowest BCUT2D eigenvalue weighted by Crippen LogP contribution is -2.42. The van der Waals surface area contributed by atoms with Gasteiger partial charge in [0.1, 0.15) is 5.76 Å². The Balaban J connectivity index is 1.96. The maximum Gasteiger partial charge on any atom is 0.426 e. The fourth-order valence-electron chi connectivity index (χ4n) is 1.90. The van der Waals surface area contributed by atoms with Crippen molar-refractivity contribution in [1.82, 2.24) is 21.0 Å². The summed E-state index contributed by atoms with van der Waals surface area (Å²) in [5, 5.41) is 6.41. The second-order valence-electron chi connectivity index (χ2n) is 4.86. The van der Waals surface area contributed by atoms with Crippen molar-refractivity contribution in [3.05, 3.63) is 34.5 Å². The van der Waals surface area contributed by atoms with Gasteiger partial charge in [0, 0.05) is 5.38 Å². The van der Waals surface area contributed by atoms with E-state index < -0.39 is 12.0 Å². The van der Waals surface area contributed by atoms with Gasteiger partial charge in [0.2, 0.25) is 0 Å². The van der Waals surface area contributed by atoms with Crippen LogP contribution in [0.3, 0.4) is 0 Å². The number of ether oxygens (including phenoxy) is 1. The van der Waals surface area contributed by atoms with Crippen LogP contribution in [0.5, 0.6) is 0 Å². The highest BCUT2D eigenvalue weighted by molar-refractivity contribution is 7.09. The van der Waals surface area contributed by atoms with Crippen LogP contribution in [0.4, 0.5) is 4.79 Å². The lowest BCUT2D eigenvalue weighted by Gasteiger charge is -2.07. The number of aryl methyl sites for hydroxylation is 2. The summed E-state index contributed by atoms with van der Waals surface area (Å²) in [4.78, 5) is 28.0. The Morgan fingerprint density at radius 2 is 2.21 bits per heavy atom. The Bertz CT molecular complexity index is 738. The summed E-state index contributed by atoms with van der Waals surface area (Å²) < 4.78 is 9.97. The summed E-state index contributed by atoms with van der Waals surface area (Å²) in [6.07, 6.45) is 2.39. The average Bonchev–Trinajstić information content (AvgIpc) is 3.14. The van der Waals surface area contributed by atoms with Gasteiger partial charge in [0.05, 0.1) is 22.9 Å². The summed E-state index contributed by atoms with van der Waals surface area (Å²) in [6, 6.07) is 0. The van der Waals surface area contributed by atoms with Gasteiger partial charge in [-0.1, -0.05) is 11.2 Å². The third-order valence-electron chi connectivity index (χ3n) is 3.02. The van der Waals surface area contributed by atoms with Crippen molar-refractivity contribution in [1.29, 1.82) is 0 Å². The van der Waals surface area contributed by atoms with Crippen LogP contribution in [-0.4, -0.2) is 28.7 Å². The summed E-state index contributed by atoms with van der Waals surface area (Å²) in [5.74, 6) is -0.145. The van der Waals surface area contributed by atoms with Crippen LogP contribution in [-0.2, 0) is 4.74 Å². The summed E-state index contributed by atoms with van der Waals surface area (Å²) in [6.45, 7) is 7.36. The minimum absolute atomic E-state index is 0.0461. The first-order valence-electron chi connectivity index (χ1n) is 7.25. The van der Waals surface area contributed by atoms with E-state index in [1.165, 1.54) is 11.3 Å². The van der Waals surface area contributed by atoms with Crippen molar-refractivity contribution >= 4 is 23.3 Å². The molecule has 128 valence electrons. The summed E-state index contributed by atoms with van der Waals surface area (Å²) in [5.41, 5.74) is 5.55. The molecule has 2 N–H and O–H groups in total. The summed E-state index contributed by atoms with van der Waals surface area (Å²) in [7, 11) is 0. The lowest BCUT2D eigenvalue weighted by atomic mass is 10.1. The number of rotatable bonds is 6. The van der Waals surface area contributed by atoms with E-state index in [2.05, 4.69) is 27.6 Å². The molecule has 2 rings (SSSR count). The van der Waals surface area contributed by atoms with Gasteiger partial charge in [0.25, 0.3) is 5.91 Å². The molecule has 0 fully saturated rings. The number of allylic oxidation sites excluding steroid dienone is 1. The molecule has 0 saturated heterocycles. The fraction of sp³-hybridized carbons (Fsp3) is 0.333. The quantitative estimate of drug-likeness (QED) is 0.471. The van der Waals surface area contributed by atoms with Gasteiger partial charge in [-0.25, -0.2) is 15.2 Å². The molecule has 2 heterocycles. The molecule has 0 atom stereocenters. The van der Waals surface area contributed by atoms with Gasteiger partial charge in [-0.2, -0.15) is 0 Å². The molecule has 2 amide bonds. The Morgan fingerprint density at radius 3 is 2.88 bits per heavy atom. The first kappa shape index (κ1) is 17.7. The SMILES string of the molecule is C=CCCCOC(=O)NNC(=O)c1noc(C)c1-c1csc(C)n1. The molecule has 0 radical (unpaired) electrons. The number of thiazole rings is 1. The zero-order valence-corrected chi connectivity index (χ0v) is 14.2. The van der Waals surface area contributed by atoms with Crippen molar-refractivity contribution in [3.8, 4) is 11.3 Å². The predicted molar refractivity (Wildman–Crippen MR) is 88.5 cm³/mol. The molecule has 2 aromatic heterocycles. The van der Waals surface area contributed by atoms with Crippen molar-refractivity contribution in [2.75, 3.05) is 6.61 Å². The number of hydrazine groups is 1. The van der Waals surface area contributed by atoms with Crippen LogP contribution in [0, 0.1) is 13.8 Å². The highest BCUT2D eigenvalue weighted by atomic mass is 32.1. The first-order chi connectivity index (χ1) is 11.5. The van der Waals surface area contributed by atoms with Gasteiger partial charge in [-0.05, 0) is 26.7 Å². The number of hydrogen-bond acceptors (Lipinski definition) is 7. The van der Waals surface area contributed by atoms with Crippen LogP contribution in [0.1, 0.15) is 34.1 Å². The molecule has 0 aliphatic carbocycles. The number of nitrogens with zero attached hydrogens (tertiary/aromatic N) is 2. The number of unbranched alkanes of at least 4 members (excludes halogenated alkanes) is 1. The number of nitrogens with one attached hydrogen (secondary N) is 2. The molecular formula is C15H18N4O4S. The van der Waals surface area contributed by atoms with Crippen LogP contribution in [0.15, 0.2) is 22.6 Å². The number of aromatic nitrogens is 2. The van der Waals surface area contributed by atoms with Gasteiger partial charge < -0.3 is 9.26 Å². The molecule has 0 bridgehead atoms. The first-order valence-corrected chi connectivity index (χ1v) is 8.13. The van der Waals surface area contributed by atoms with Gasteiger partial charge in [-0.15, -0.1) is 17.9 Å². The number of hydrogen-bond donors (Lipinski definition) is 2. The second-order valence-corrected chi connectivity index (χ2v) is 5.92. The number of amides is 2. The van der Waals surface area contributed by atoms with E-state index in [0.29, 0.717) is 23.4 Å². The van der Waals surface area contributed by atoms with Crippen molar-refractivity contribution in [3.63, 3.8) is 0 Å². The van der Waals surface area contributed by atoms with Crippen LogP contribution >= 0.6 is 11.3 Å². The minimum Gasteiger partial charge on any atom is -0.448 e. The van der Waals surface area contributed by atoms with E-state index in [0.717, 1.165) is 11.4 Å². The van der Waals surface area contributed by atoms with E-state index in [4.69, 9.17) is 9.26 Å². The molecule has 0 aliphatic heterocycles. The topological polar surface area (TPSA) is 106 Å². The minimum atomic E-state index is -0.751.